The van der Waals surface area contributed by atoms with Crippen molar-refractivity contribution in [2.75, 3.05) is 25.6 Å². The van der Waals surface area contributed by atoms with Gasteiger partial charge in [-0.2, -0.15) is 0 Å². The molecule has 1 atom stereocenters. The number of aliphatic hydroxyl groups is 1. The Balaban J connectivity index is 2.50. The molecule has 1 rings (SSSR count). The van der Waals surface area contributed by atoms with E-state index in [9.17, 15) is 5.11 Å². The molecule has 0 heterocycles. The smallest absolute Gasteiger partial charge is 0.142 e. The first-order valence-corrected chi connectivity index (χ1v) is 6.59. The molecule has 0 aliphatic rings. The third kappa shape index (κ3) is 6.14. The van der Waals surface area contributed by atoms with Crippen LogP contribution in [0.25, 0.3) is 0 Å². The normalized spacial score (nSPS) is 13.2. The van der Waals surface area contributed by atoms with Crippen molar-refractivity contribution in [1.82, 2.24) is 0 Å². The lowest BCUT2D eigenvalue weighted by molar-refractivity contribution is -0.0449. The van der Waals surface area contributed by atoms with E-state index in [0.717, 1.165) is 5.69 Å². The van der Waals surface area contributed by atoms with Crippen molar-refractivity contribution >= 4 is 17.3 Å². The van der Waals surface area contributed by atoms with E-state index < -0.39 is 6.10 Å². The minimum absolute atomic E-state index is 0.255. The highest BCUT2D eigenvalue weighted by atomic mass is 35.5. The van der Waals surface area contributed by atoms with Gasteiger partial charge in [0.15, 0.2) is 0 Å². The Morgan fingerprint density at radius 2 is 2.05 bits per heavy atom. The fraction of sp³-hybridized carbons (Fsp3) is 0.571. The summed E-state index contributed by atoms with van der Waals surface area (Å²) in [6, 6.07) is 5.30. The lowest BCUT2D eigenvalue weighted by Gasteiger charge is -2.22. The zero-order chi connectivity index (χ0) is 14.5. The van der Waals surface area contributed by atoms with Gasteiger partial charge in [-0.05, 0) is 39.0 Å². The van der Waals surface area contributed by atoms with Gasteiger partial charge < -0.3 is 19.9 Å². The molecule has 0 aromatic heterocycles. The summed E-state index contributed by atoms with van der Waals surface area (Å²) in [5.41, 5.74) is 0.499. The predicted octanol–water partition coefficient (Wildman–Crippen LogP) is 2.94. The summed E-state index contributed by atoms with van der Waals surface area (Å²) >= 11 is 5.93. The fourth-order valence-corrected chi connectivity index (χ4v) is 1.62. The zero-order valence-electron chi connectivity index (χ0n) is 11.9. The number of benzene rings is 1. The summed E-state index contributed by atoms with van der Waals surface area (Å²) in [5, 5.41) is 13.6. The first-order chi connectivity index (χ1) is 8.81. The highest BCUT2D eigenvalue weighted by molar-refractivity contribution is 6.30. The number of rotatable bonds is 6. The van der Waals surface area contributed by atoms with Crippen molar-refractivity contribution in [1.29, 1.82) is 0 Å². The monoisotopic (exact) mass is 287 g/mol. The molecule has 0 bridgehead atoms. The lowest BCUT2D eigenvalue weighted by atomic mass is 10.2. The van der Waals surface area contributed by atoms with Gasteiger partial charge in [0.25, 0.3) is 0 Å². The Labute approximate surface area is 119 Å². The van der Waals surface area contributed by atoms with Gasteiger partial charge >= 0.3 is 0 Å². The van der Waals surface area contributed by atoms with Crippen LogP contribution in [0.1, 0.15) is 20.8 Å². The number of nitrogens with one attached hydrogen (secondary N) is 1. The van der Waals surface area contributed by atoms with Gasteiger partial charge in [0.05, 0.1) is 31.1 Å². The Kier molecular flexibility index (Phi) is 5.91. The molecular formula is C14H22ClNO3. The number of ether oxygens (including phenoxy) is 2. The van der Waals surface area contributed by atoms with Crippen molar-refractivity contribution < 1.29 is 14.6 Å². The lowest BCUT2D eigenvalue weighted by Crippen LogP contribution is -2.30. The van der Waals surface area contributed by atoms with Crippen molar-refractivity contribution in [3.8, 4) is 5.75 Å². The largest absolute Gasteiger partial charge is 0.495 e. The van der Waals surface area contributed by atoms with E-state index in [1.165, 1.54) is 0 Å². The molecule has 0 amide bonds. The maximum absolute atomic E-state index is 9.85. The predicted molar refractivity (Wildman–Crippen MR) is 78.2 cm³/mol. The summed E-state index contributed by atoms with van der Waals surface area (Å²) < 4.78 is 10.7. The minimum atomic E-state index is -0.595. The molecule has 0 saturated carbocycles. The number of methoxy groups -OCH3 is 1. The quantitative estimate of drug-likeness (QED) is 0.845. The standard InChI is InChI=1S/C14H22ClNO3/c1-14(2,3)19-9-11(17)8-16-12-7-10(15)5-6-13(12)18-4/h5-7,11,16-17H,8-9H2,1-4H3. The van der Waals surface area contributed by atoms with Gasteiger partial charge in [-0.15, -0.1) is 0 Å². The van der Waals surface area contributed by atoms with Crippen LogP contribution in [0.15, 0.2) is 18.2 Å². The second-order valence-electron chi connectivity index (χ2n) is 5.30. The highest BCUT2D eigenvalue weighted by Gasteiger charge is 2.14. The molecule has 19 heavy (non-hydrogen) atoms. The average Bonchev–Trinajstić information content (AvgIpc) is 2.33. The van der Waals surface area contributed by atoms with Crippen molar-refractivity contribution in [2.24, 2.45) is 0 Å². The van der Waals surface area contributed by atoms with Gasteiger partial charge in [0.1, 0.15) is 5.75 Å². The van der Waals surface area contributed by atoms with Gasteiger partial charge in [-0.1, -0.05) is 11.6 Å². The zero-order valence-corrected chi connectivity index (χ0v) is 12.6. The molecule has 1 unspecified atom stereocenters. The second kappa shape index (κ2) is 6.98. The summed E-state index contributed by atoms with van der Waals surface area (Å²) in [6.07, 6.45) is -0.595. The maximum atomic E-state index is 9.85. The molecule has 0 aliphatic carbocycles. The first-order valence-electron chi connectivity index (χ1n) is 6.21. The van der Waals surface area contributed by atoms with Crippen LogP contribution in [0, 0.1) is 0 Å². The highest BCUT2D eigenvalue weighted by Crippen LogP contribution is 2.27. The molecule has 4 nitrogen and oxygen atoms in total. The maximum Gasteiger partial charge on any atom is 0.142 e. The van der Waals surface area contributed by atoms with E-state index in [0.29, 0.717) is 17.3 Å². The van der Waals surface area contributed by atoms with Crippen LogP contribution < -0.4 is 10.1 Å². The molecule has 0 radical (unpaired) electrons. The Morgan fingerprint density at radius 1 is 1.37 bits per heavy atom. The molecular weight excluding hydrogens is 266 g/mol. The van der Waals surface area contributed by atoms with Crippen molar-refractivity contribution in [3.05, 3.63) is 23.2 Å². The summed E-state index contributed by atoms with van der Waals surface area (Å²) in [5.74, 6) is 0.688. The third-order valence-corrected chi connectivity index (χ3v) is 2.63. The molecule has 0 spiro atoms. The first kappa shape index (κ1) is 16.1. The molecule has 108 valence electrons. The van der Waals surface area contributed by atoms with Crippen molar-refractivity contribution in [2.45, 2.75) is 32.5 Å². The van der Waals surface area contributed by atoms with Crippen LogP contribution >= 0.6 is 11.6 Å². The van der Waals surface area contributed by atoms with Gasteiger partial charge in [-0.25, -0.2) is 0 Å². The van der Waals surface area contributed by atoms with E-state index in [2.05, 4.69) is 5.32 Å². The molecule has 5 heteroatoms. The van der Waals surface area contributed by atoms with E-state index in [1.54, 1.807) is 25.3 Å². The van der Waals surface area contributed by atoms with Crippen LogP contribution in [0.2, 0.25) is 5.02 Å². The SMILES string of the molecule is COc1ccc(Cl)cc1NCC(O)COC(C)(C)C. The van der Waals surface area contributed by atoms with E-state index in [1.807, 2.05) is 20.8 Å². The topological polar surface area (TPSA) is 50.7 Å². The Bertz CT molecular complexity index is 404. The number of hydrogen-bond acceptors (Lipinski definition) is 4. The molecule has 1 aromatic rings. The third-order valence-electron chi connectivity index (χ3n) is 2.40. The summed E-state index contributed by atoms with van der Waals surface area (Å²) in [4.78, 5) is 0. The molecule has 0 saturated heterocycles. The number of anilines is 1. The van der Waals surface area contributed by atoms with E-state index in [4.69, 9.17) is 21.1 Å². The van der Waals surface area contributed by atoms with Crippen LogP contribution in [-0.4, -0.2) is 37.1 Å². The average molecular weight is 288 g/mol. The number of hydrogen-bond donors (Lipinski definition) is 2. The summed E-state index contributed by atoms with van der Waals surface area (Å²) in [7, 11) is 1.59. The fourth-order valence-electron chi connectivity index (χ4n) is 1.45. The molecule has 2 N–H and O–H groups in total. The van der Waals surface area contributed by atoms with E-state index >= 15 is 0 Å². The van der Waals surface area contributed by atoms with Crippen LogP contribution in [0.4, 0.5) is 5.69 Å². The summed E-state index contributed by atoms with van der Waals surface area (Å²) in [6.45, 7) is 6.50. The van der Waals surface area contributed by atoms with Crippen molar-refractivity contribution in [3.63, 3.8) is 0 Å². The van der Waals surface area contributed by atoms with Crippen LogP contribution in [0.5, 0.6) is 5.75 Å². The number of halogens is 1. The second-order valence-corrected chi connectivity index (χ2v) is 5.74. The Hall–Kier alpha value is -0.970. The van der Waals surface area contributed by atoms with E-state index in [-0.39, 0.29) is 12.2 Å². The van der Waals surface area contributed by atoms with Gasteiger partial charge in [0.2, 0.25) is 0 Å². The van der Waals surface area contributed by atoms with Gasteiger partial charge in [0, 0.05) is 11.6 Å². The van der Waals surface area contributed by atoms with Crippen LogP contribution in [-0.2, 0) is 4.74 Å². The molecule has 0 aliphatic heterocycles. The van der Waals surface area contributed by atoms with Gasteiger partial charge in [-0.3, -0.25) is 0 Å². The molecule has 1 aromatic carbocycles. The minimum Gasteiger partial charge on any atom is -0.495 e. The molecule has 0 fully saturated rings. The number of aliphatic hydroxyl groups excluding tert-OH is 1. The Morgan fingerprint density at radius 3 is 2.63 bits per heavy atom. The van der Waals surface area contributed by atoms with Crippen LogP contribution in [0.3, 0.4) is 0 Å².